The monoisotopic (exact) mass is 293 g/mol. The van der Waals surface area contributed by atoms with Gasteiger partial charge in [-0.2, -0.15) is 0 Å². The molecule has 1 saturated heterocycles. The maximum atomic E-state index is 12.0. The molecule has 1 aromatic carbocycles. The summed E-state index contributed by atoms with van der Waals surface area (Å²) in [5.74, 6) is -0.999. The van der Waals surface area contributed by atoms with Crippen LogP contribution < -0.4 is 10.1 Å². The number of carbonyl (C=O) groups excluding carboxylic acids is 1. The van der Waals surface area contributed by atoms with E-state index in [9.17, 15) is 9.59 Å². The Morgan fingerprint density at radius 1 is 1.43 bits per heavy atom. The lowest BCUT2D eigenvalue weighted by Crippen LogP contribution is -2.25. The molecular formula is C15H19NO5. The van der Waals surface area contributed by atoms with Gasteiger partial charge in [0.25, 0.3) is 0 Å². The van der Waals surface area contributed by atoms with Crippen molar-refractivity contribution in [1.82, 2.24) is 0 Å². The topological polar surface area (TPSA) is 84.9 Å². The highest BCUT2D eigenvalue weighted by Gasteiger charge is 2.18. The summed E-state index contributed by atoms with van der Waals surface area (Å²) in [6.07, 6.45) is 3.31. The van der Waals surface area contributed by atoms with E-state index >= 15 is 0 Å². The van der Waals surface area contributed by atoms with Crippen molar-refractivity contribution in [3.05, 3.63) is 23.8 Å². The van der Waals surface area contributed by atoms with Gasteiger partial charge in [-0.15, -0.1) is 0 Å². The number of carbonyl (C=O) groups is 2. The molecule has 1 unspecified atom stereocenters. The summed E-state index contributed by atoms with van der Waals surface area (Å²) in [5.41, 5.74) is 0.573. The predicted molar refractivity (Wildman–Crippen MR) is 76.8 cm³/mol. The minimum atomic E-state index is -1.07. The van der Waals surface area contributed by atoms with Crippen LogP contribution >= 0.6 is 0 Å². The third kappa shape index (κ3) is 4.19. The molecule has 0 spiro atoms. The van der Waals surface area contributed by atoms with Gasteiger partial charge in [0.1, 0.15) is 11.3 Å². The molecule has 1 aromatic rings. The first-order valence-electron chi connectivity index (χ1n) is 6.93. The Balaban J connectivity index is 1.98. The van der Waals surface area contributed by atoms with Crippen molar-refractivity contribution in [3.8, 4) is 5.75 Å². The summed E-state index contributed by atoms with van der Waals surface area (Å²) in [7, 11) is 1.39. The van der Waals surface area contributed by atoms with Crippen LogP contribution in [0.4, 0.5) is 5.69 Å². The molecule has 1 atom stereocenters. The summed E-state index contributed by atoms with van der Waals surface area (Å²) in [5, 5.41) is 11.7. The fraction of sp³-hybridized carbons (Fsp3) is 0.467. The number of nitrogens with one attached hydrogen (secondary N) is 1. The largest absolute Gasteiger partial charge is 0.496 e. The standard InChI is InChI=1S/C15H19NO5/c1-20-13-8-10(5-6-12(13)15(18)19)16-14(17)9-11-4-2-3-7-21-11/h5-6,8,11H,2-4,7,9H2,1H3,(H,16,17)(H,18,19). The number of anilines is 1. The van der Waals surface area contributed by atoms with Gasteiger partial charge in [-0.3, -0.25) is 4.79 Å². The average molecular weight is 293 g/mol. The molecule has 1 amide bonds. The van der Waals surface area contributed by atoms with Gasteiger partial charge in [0.15, 0.2) is 0 Å². The quantitative estimate of drug-likeness (QED) is 0.870. The second-order valence-corrected chi connectivity index (χ2v) is 4.96. The van der Waals surface area contributed by atoms with Crippen LogP contribution in [0.3, 0.4) is 0 Å². The Hall–Kier alpha value is -2.08. The molecule has 0 bridgehead atoms. The van der Waals surface area contributed by atoms with Gasteiger partial charge in [0.05, 0.1) is 19.6 Å². The number of amides is 1. The molecule has 0 aliphatic carbocycles. The zero-order valence-electron chi connectivity index (χ0n) is 11.9. The van der Waals surface area contributed by atoms with E-state index < -0.39 is 5.97 Å². The molecule has 0 saturated carbocycles. The van der Waals surface area contributed by atoms with Gasteiger partial charge in [0, 0.05) is 18.4 Å². The van der Waals surface area contributed by atoms with E-state index in [0.717, 1.165) is 19.3 Å². The summed E-state index contributed by atoms with van der Waals surface area (Å²) >= 11 is 0. The minimum Gasteiger partial charge on any atom is -0.496 e. The lowest BCUT2D eigenvalue weighted by molar-refractivity contribution is -0.119. The number of ether oxygens (including phenoxy) is 2. The van der Waals surface area contributed by atoms with Crippen molar-refractivity contribution in [2.45, 2.75) is 31.8 Å². The molecule has 1 heterocycles. The van der Waals surface area contributed by atoms with Crippen LogP contribution in [0.1, 0.15) is 36.0 Å². The zero-order valence-corrected chi connectivity index (χ0v) is 11.9. The lowest BCUT2D eigenvalue weighted by atomic mass is 10.1. The highest BCUT2D eigenvalue weighted by Crippen LogP contribution is 2.24. The molecule has 21 heavy (non-hydrogen) atoms. The number of aromatic carboxylic acids is 1. The van der Waals surface area contributed by atoms with Gasteiger partial charge in [-0.1, -0.05) is 0 Å². The van der Waals surface area contributed by atoms with Crippen LogP contribution in [0.15, 0.2) is 18.2 Å². The number of hydrogen-bond acceptors (Lipinski definition) is 4. The maximum Gasteiger partial charge on any atom is 0.339 e. The molecule has 0 radical (unpaired) electrons. The second-order valence-electron chi connectivity index (χ2n) is 4.96. The molecule has 6 nitrogen and oxygen atoms in total. The summed E-state index contributed by atoms with van der Waals surface area (Å²) < 4.78 is 10.5. The van der Waals surface area contributed by atoms with Crippen molar-refractivity contribution in [1.29, 1.82) is 0 Å². The fourth-order valence-electron chi connectivity index (χ4n) is 2.33. The van der Waals surface area contributed by atoms with E-state index in [-0.39, 0.29) is 23.3 Å². The lowest BCUT2D eigenvalue weighted by Gasteiger charge is -2.22. The van der Waals surface area contributed by atoms with E-state index in [1.165, 1.54) is 19.2 Å². The van der Waals surface area contributed by atoms with Crippen molar-refractivity contribution < 1.29 is 24.2 Å². The average Bonchev–Trinajstić information content (AvgIpc) is 2.47. The van der Waals surface area contributed by atoms with Crippen LogP contribution in [-0.2, 0) is 9.53 Å². The number of carboxylic acid groups (broad SMARTS) is 1. The molecule has 1 aliphatic rings. The number of hydrogen-bond donors (Lipinski definition) is 2. The highest BCUT2D eigenvalue weighted by atomic mass is 16.5. The highest BCUT2D eigenvalue weighted by molar-refractivity contribution is 5.94. The smallest absolute Gasteiger partial charge is 0.339 e. The van der Waals surface area contributed by atoms with Gasteiger partial charge in [-0.05, 0) is 31.4 Å². The predicted octanol–water partition coefficient (Wildman–Crippen LogP) is 2.29. The summed E-state index contributed by atoms with van der Waals surface area (Å²) in [4.78, 5) is 22.9. The first-order valence-corrected chi connectivity index (χ1v) is 6.93. The Kier molecular flexibility index (Phi) is 5.16. The first kappa shape index (κ1) is 15.3. The molecule has 114 valence electrons. The molecule has 6 heteroatoms. The van der Waals surface area contributed by atoms with Crippen LogP contribution in [-0.4, -0.2) is 36.8 Å². The Morgan fingerprint density at radius 3 is 2.86 bits per heavy atom. The van der Waals surface area contributed by atoms with Crippen molar-refractivity contribution in [2.75, 3.05) is 19.0 Å². The van der Waals surface area contributed by atoms with E-state index in [4.69, 9.17) is 14.6 Å². The third-order valence-corrected chi connectivity index (χ3v) is 3.40. The molecule has 1 aliphatic heterocycles. The van der Waals surface area contributed by atoms with Crippen molar-refractivity contribution >= 4 is 17.6 Å². The van der Waals surface area contributed by atoms with Gasteiger partial charge < -0.3 is 19.9 Å². The maximum absolute atomic E-state index is 12.0. The molecule has 2 rings (SSSR count). The minimum absolute atomic E-state index is 0.0288. The Bertz CT molecular complexity index is 523. The van der Waals surface area contributed by atoms with Gasteiger partial charge in [-0.25, -0.2) is 4.79 Å². The first-order chi connectivity index (χ1) is 10.1. The number of benzene rings is 1. The Morgan fingerprint density at radius 2 is 2.24 bits per heavy atom. The third-order valence-electron chi connectivity index (χ3n) is 3.40. The van der Waals surface area contributed by atoms with E-state index in [2.05, 4.69) is 5.32 Å². The van der Waals surface area contributed by atoms with Crippen LogP contribution in [0.5, 0.6) is 5.75 Å². The summed E-state index contributed by atoms with van der Waals surface area (Å²) in [6.45, 7) is 0.707. The normalized spacial score (nSPS) is 18.0. The molecule has 1 fully saturated rings. The van der Waals surface area contributed by atoms with Crippen molar-refractivity contribution in [2.24, 2.45) is 0 Å². The number of carboxylic acids is 1. The molecule has 2 N–H and O–H groups in total. The number of rotatable bonds is 5. The van der Waals surface area contributed by atoms with Crippen LogP contribution in [0.25, 0.3) is 0 Å². The molecular weight excluding hydrogens is 274 g/mol. The van der Waals surface area contributed by atoms with Gasteiger partial charge >= 0.3 is 5.97 Å². The van der Waals surface area contributed by atoms with E-state index in [1.807, 2.05) is 0 Å². The Labute approximate surface area is 123 Å². The fourth-order valence-corrected chi connectivity index (χ4v) is 2.33. The SMILES string of the molecule is COc1cc(NC(=O)CC2CCCCO2)ccc1C(=O)O. The van der Waals surface area contributed by atoms with Gasteiger partial charge in [0.2, 0.25) is 5.91 Å². The van der Waals surface area contributed by atoms with E-state index in [0.29, 0.717) is 18.7 Å². The van der Waals surface area contributed by atoms with E-state index in [1.54, 1.807) is 6.07 Å². The van der Waals surface area contributed by atoms with Crippen LogP contribution in [0, 0.1) is 0 Å². The number of methoxy groups -OCH3 is 1. The second kappa shape index (κ2) is 7.08. The summed E-state index contributed by atoms with van der Waals surface area (Å²) in [6, 6.07) is 4.46. The zero-order chi connectivity index (χ0) is 15.2. The van der Waals surface area contributed by atoms with Crippen molar-refractivity contribution in [3.63, 3.8) is 0 Å². The van der Waals surface area contributed by atoms with Crippen LogP contribution in [0.2, 0.25) is 0 Å². The molecule has 0 aromatic heterocycles.